The van der Waals surface area contributed by atoms with Crippen molar-refractivity contribution in [2.75, 3.05) is 6.54 Å². The number of hydrogen-bond acceptors (Lipinski definition) is 6. The summed E-state index contributed by atoms with van der Waals surface area (Å²) in [7, 11) is 0. The van der Waals surface area contributed by atoms with Gasteiger partial charge >= 0.3 is 0 Å². The van der Waals surface area contributed by atoms with Crippen molar-refractivity contribution in [1.29, 1.82) is 0 Å². The maximum absolute atomic E-state index is 5.27. The number of pyridine rings is 1. The molecule has 0 N–H and O–H groups in total. The van der Waals surface area contributed by atoms with Crippen LogP contribution in [0.25, 0.3) is 11.4 Å². The zero-order chi connectivity index (χ0) is 17.2. The molecule has 1 fully saturated rings. The van der Waals surface area contributed by atoms with Gasteiger partial charge in [-0.15, -0.1) is 0 Å². The van der Waals surface area contributed by atoms with Crippen molar-refractivity contribution in [3.8, 4) is 11.4 Å². The fourth-order valence-corrected chi connectivity index (χ4v) is 3.55. The average Bonchev–Trinajstić information content (AvgIpc) is 3.22. The molecule has 0 radical (unpaired) electrons. The first kappa shape index (κ1) is 15.9. The normalized spacial score (nSPS) is 17.9. The number of aromatic nitrogens is 4. The first-order valence-corrected chi connectivity index (χ1v) is 8.61. The SMILES string of the molecule is Cc1noc(C)c1-c1nccc([C@@H]2CCCN2Cc2ccncc2)n1. The molecule has 0 spiro atoms. The van der Waals surface area contributed by atoms with E-state index in [1.165, 1.54) is 12.0 Å². The van der Waals surface area contributed by atoms with Crippen LogP contribution in [0.2, 0.25) is 0 Å². The van der Waals surface area contributed by atoms with Crippen molar-refractivity contribution in [2.45, 2.75) is 39.3 Å². The summed E-state index contributed by atoms with van der Waals surface area (Å²) in [6, 6.07) is 6.49. The number of aryl methyl sites for hydroxylation is 2. The van der Waals surface area contributed by atoms with Gasteiger partial charge in [-0.05, 0) is 57.0 Å². The molecule has 1 aliphatic rings. The first-order chi connectivity index (χ1) is 12.2. The Balaban J connectivity index is 1.62. The summed E-state index contributed by atoms with van der Waals surface area (Å²) in [5.74, 6) is 1.46. The van der Waals surface area contributed by atoms with Gasteiger partial charge < -0.3 is 4.52 Å². The van der Waals surface area contributed by atoms with Crippen molar-refractivity contribution in [3.05, 3.63) is 59.5 Å². The Hall–Kier alpha value is -2.60. The smallest absolute Gasteiger partial charge is 0.164 e. The molecule has 6 nitrogen and oxygen atoms in total. The maximum Gasteiger partial charge on any atom is 0.164 e. The Morgan fingerprint density at radius 2 is 2.00 bits per heavy atom. The Morgan fingerprint density at radius 1 is 1.16 bits per heavy atom. The van der Waals surface area contributed by atoms with Crippen LogP contribution in [0.3, 0.4) is 0 Å². The molecule has 25 heavy (non-hydrogen) atoms. The maximum atomic E-state index is 5.27. The molecule has 0 unspecified atom stereocenters. The Kier molecular flexibility index (Phi) is 4.28. The second kappa shape index (κ2) is 6.72. The van der Waals surface area contributed by atoms with E-state index < -0.39 is 0 Å². The van der Waals surface area contributed by atoms with Crippen molar-refractivity contribution in [1.82, 2.24) is 25.0 Å². The van der Waals surface area contributed by atoms with Crippen LogP contribution in [0.5, 0.6) is 0 Å². The fourth-order valence-electron chi connectivity index (χ4n) is 3.55. The molecule has 3 aromatic rings. The highest BCUT2D eigenvalue weighted by Gasteiger charge is 2.28. The highest BCUT2D eigenvalue weighted by atomic mass is 16.5. The summed E-state index contributed by atoms with van der Waals surface area (Å²) in [5, 5.41) is 4.02. The Labute approximate surface area is 146 Å². The van der Waals surface area contributed by atoms with Crippen LogP contribution >= 0.6 is 0 Å². The van der Waals surface area contributed by atoms with Crippen LogP contribution in [0, 0.1) is 13.8 Å². The molecular formula is C19H21N5O. The quantitative estimate of drug-likeness (QED) is 0.727. The zero-order valence-electron chi connectivity index (χ0n) is 14.5. The lowest BCUT2D eigenvalue weighted by atomic mass is 10.1. The van der Waals surface area contributed by atoms with Crippen LogP contribution in [0.4, 0.5) is 0 Å². The number of hydrogen-bond donors (Lipinski definition) is 0. The van der Waals surface area contributed by atoms with Crippen LogP contribution in [0.1, 0.15) is 41.6 Å². The number of likely N-dealkylation sites (tertiary alicyclic amines) is 1. The van der Waals surface area contributed by atoms with Crippen LogP contribution in [-0.4, -0.2) is 31.6 Å². The molecule has 128 valence electrons. The monoisotopic (exact) mass is 335 g/mol. The molecule has 0 saturated carbocycles. The summed E-state index contributed by atoms with van der Waals surface area (Å²) in [5.41, 5.74) is 4.08. The van der Waals surface area contributed by atoms with Gasteiger partial charge in [0.05, 0.1) is 23.0 Å². The minimum absolute atomic E-state index is 0.315. The summed E-state index contributed by atoms with van der Waals surface area (Å²) >= 11 is 0. The molecule has 1 aliphatic heterocycles. The van der Waals surface area contributed by atoms with Gasteiger partial charge in [0, 0.05) is 25.1 Å². The highest BCUT2D eigenvalue weighted by Crippen LogP contribution is 2.33. The zero-order valence-corrected chi connectivity index (χ0v) is 14.5. The second-order valence-corrected chi connectivity index (χ2v) is 6.49. The molecule has 0 amide bonds. The fraction of sp³-hybridized carbons (Fsp3) is 0.368. The minimum Gasteiger partial charge on any atom is -0.361 e. The predicted octanol–water partition coefficient (Wildman–Crippen LogP) is 3.48. The molecule has 1 atom stereocenters. The molecule has 1 saturated heterocycles. The van der Waals surface area contributed by atoms with Gasteiger partial charge in [0.2, 0.25) is 0 Å². The van der Waals surface area contributed by atoms with Gasteiger partial charge in [0.1, 0.15) is 5.76 Å². The summed E-state index contributed by atoms with van der Waals surface area (Å²) in [4.78, 5) is 15.9. The lowest BCUT2D eigenvalue weighted by molar-refractivity contribution is 0.244. The van der Waals surface area contributed by atoms with Crippen molar-refractivity contribution >= 4 is 0 Å². The average molecular weight is 335 g/mol. The lowest BCUT2D eigenvalue weighted by Gasteiger charge is -2.24. The first-order valence-electron chi connectivity index (χ1n) is 8.61. The van der Waals surface area contributed by atoms with Gasteiger partial charge in [-0.1, -0.05) is 5.16 Å². The molecule has 3 aromatic heterocycles. The third kappa shape index (κ3) is 3.17. The molecular weight excluding hydrogens is 314 g/mol. The molecule has 0 bridgehead atoms. The van der Waals surface area contributed by atoms with Crippen molar-refractivity contribution in [3.63, 3.8) is 0 Å². The third-order valence-corrected chi connectivity index (χ3v) is 4.77. The van der Waals surface area contributed by atoms with Gasteiger partial charge in [0.15, 0.2) is 5.82 Å². The second-order valence-electron chi connectivity index (χ2n) is 6.49. The Bertz CT molecular complexity index is 842. The predicted molar refractivity (Wildman–Crippen MR) is 93.6 cm³/mol. The topological polar surface area (TPSA) is 67.9 Å². The van der Waals surface area contributed by atoms with E-state index in [4.69, 9.17) is 9.51 Å². The van der Waals surface area contributed by atoms with Crippen LogP contribution in [-0.2, 0) is 6.54 Å². The van der Waals surface area contributed by atoms with E-state index in [1.807, 2.05) is 38.5 Å². The number of nitrogens with zero attached hydrogens (tertiary/aromatic N) is 5. The van der Waals surface area contributed by atoms with Crippen molar-refractivity contribution < 1.29 is 4.52 Å². The van der Waals surface area contributed by atoms with E-state index in [0.717, 1.165) is 42.2 Å². The van der Waals surface area contributed by atoms with Gasteiger partial charge in [0.25, 0.3) is 0 Å². The van der Waals surface area contributed by atoms with Gasteiger partial charge in [-0.25, -0.2) is 9.97 Å². The van der Waals surface area contributed by atoms with E-state index in [0.29, 0.717) is 11.9 Å². The Morgan fingerprint density at radius 3 is 2.76 bits per heavy atom. The van der Waals surface area contributed by atoms with Gasteiger partial charge in [-0.3, -0.25) is 9.88 Å². The van der Waals surface area contributed by atoms with Crippen molar-refractivity contribution in [2.24, 2.45) is 0 Å². The van der Waals surface area contributed by atoms with Crippen LogP contribution < -0.4 is 0 Å². The summed E-state index contributed by atoms with van der Waals surface area (Å²) in [6.07, 6.45) is 7.83. The van der Waals surface area contributed by atoms with E-state index in [-0.39, 0.29) is 0 Å². The van der Waals surface area contributed by atoms with E-state index >= 15 is 0 Å². The molecule has 0 aromatic carbocycles. The largest absolute Gasteiger partial charge is 0.361 e. The van der Waals surface area contributed by atoms with E-state index in [9.17, 15) is 0 Å². The standard InChI is InChI=1S/C19H21N5O/c1-13-18(14(2)25-23-13)19-21-10-7-16(22-19)17-4-3-11-24(17)12-15-5-8-20-9-6-15/h5-10,17H,3-4,11-12H2,1-2H3/t17-/m0/s1. The van der Waals surface area contributed by atoms with E-state index in [1.54, 1.807) is 0 Å². The summed E-state index contributed by atoms with van der Waals surface area (Å²) < 4.78 is 5.27. The summed E-state index contributed by atoms with van der Waals surface area (Å²) in [6.45, 7) is 5.82. The number of rotatable bonds is 4. The molecule has 4 heterocycles. The van der Waals surface area contributed by atoms with Gasteiger partial charge in [-0.2, -0.15) is 0 Å². The minimum atomic E-state index is 0.315. The molecule has 4 rings (SSSR count). The van der Waals surface area contributed by atoms with Crippen LogP contribution in [0.15, 0.2) is 41.3 Å². The lowest BCUT2D eigenvalue weighted by Crippen LogP contribution is -2.23. The molecule has 0 aliphatic carbocycles. The highest BCUT2D eigenvalue weighted by molar-refractivity contribution is 5.59. The third-order valence-electron chi connectivity index (χ3n) is 4.77. The molecule has 6 heteroatoms. The van der Waals surface area contributed by atoms with E-state index in [2.05, 4.69) is 32.2 Å².